The van der Waals surface area contributed by atoms with Gasteiger partial charge >= 0.3 is 51.4 Å². The van der Waals surface area contributed by atoms with Gasteiger partial charge in [-0.25, -0.2) is 4.39 Å². The van der Waals surface area contributed by atoms with Crippen LogP contribution in [0.3, 0.4) is 0 Å². The fraction of sp³-hybridized carbons (Fsp3) is 0. The molecule has 0 atom stereocenters. The van der Waals surface area contributed by atoms with Gasteiger partial charge in [-0.05, 0) is 24.3 Å². The van der Waals surface area contributed by atoms with Gasteiger partial charge in [0.2, 0.25) is 0 Å². The Morgan fingerprint density at radius 2 is 1.29 bits per heavy atom. The smallest absolute Gasteiger partial charge is 0.872 e. The Bertz CT molecular complexity index is 458. The van der Waals surface area contributed by atoms with Crippen molar-refractivity contribution in [3.63, 3.8) is 0 Å². The van der Waals surface area contributed by atoms with E-state index >= 15 is 0 Å². The van der Waals surface area contributed by atoms with Gasteiger partial charge in [-0.2, -0.15) is 0 Å². The van der Waals surface area contributed by atoms with E-state index in [0.29, 0.717) is 11.1 Å². The van der Waals surface area contributed by atoms with E-state index < -0.39 is 0 Å². The summed E-state index contributed by atoms with van der Waals surface area (Å²) >= 11 is 0. The number of carbonyl (C=O) groups excluding carboxylic acids is 1. The van der Waals surface area contributed by atoms with Crippen molar-refractivity contribution in [2.45, 2.75) is 0 Å². The first-order valence-electron chi connectivity index (χ1n) is 4.74. The molecule has 0 aromatic heterocycles. The van der Waals surface area contributed by atoms with Gasteiger partial charge in [-0.15, -0.1) is 5.75 Å². The van der Waals surface area contributed by atoms with E-state index in [0.717, 1.165) is 0 Å². The zero-order chi connectivity index (χ0) is 11.5. The molecule has 0 heterocycles. The van der Waals surface area contributed by atoms with E-state index in [-0.39, 0.29) is 68.7 Å². The van der Waals surface area contributed by atoms with E-state index in [1.54, 1.807) is 0 Å². The largest absolute Gasteiger partial charge is 1.00 e. The van der Waals surface area contributed by atoms with Crippen LogP contribution in [0.25, 0.3) is 0 Å². The van der Waals surface area contributed by atoms with Crippen LogP contribution in [-0.2, 0) is 0 Å². The Kier molecular flexibility index (Phi) is 5.49. The van der Waals surface area contributed by atoms with Gasteiger partial charge in [0.05, 0.1) is 0 Å². The van der Waals surface area contributed by atoms with Crippen LogP contribution in [0.4, 0.5) is 4.39 Å². The Morgan fingerprint density at radius 1 is 0.882 bits per heavy atom. The standard InChI is InChI=1S/C13H9FO2.K/c14-11-5-1-9(2-6-11)13(16)10-3-7-12(15)8-4-10;/h1-8,15H;/q;+1/p-1. The maximum atomic E-state index is 12.7. The molecule has 0 spiro atoms. The third kappa shape index (κ3) is 3.72. The van der Waals surface area contributed by atoms with Crippen LogP contribution in [0, 0.1) is 5.82 Å². The summed E-state index contributed by atoms with van der Waals surface area (Å²) in [6.45, 7) is 0. The number of halogens is 1. The molecule has 0 saturated heterocycles. The number of benzene rings is 2. The molecule has 0 amide bonds. The molecule has 2 rings (SSSR count). The van der Waals surface area contributed by atoms with E-state index in [9.17, 15) is 14.3 Å². The van der Waals surface area contributed by atoms with Gasteiger partial charge in [-0.3, -0.25) is 4.79 Å². The van der Waals surface area contributed by atoms with Crippen LogP contribution in [0.2, 0.25) is 0 Å². The molecule has 0 fully saturated rings. The van der Waals surface area contributed by atoms with Crippen LogP contribution in [-0.4, -0.2) is 5.78 Å². The molecule has 2 nitrogen and oxygen atoms in total. The van der Waals surface area contributed by atoms with Crippen LogP contribution in [0.15, 0.2) is 48.5 Å². The minimum Gasteiger partial charge on any atom is -0.872 e. The Balaban J connectivity index is 0.00000144. The van der Waals surface area contributed by atoms with Crippen molar-refractivity contribution in [1.29, 1.82) is 0 Å². The molecule has 4 heteroatoms. The predicted molar refractivity (Wildman–Crippen MR) is 55.7 cm³/mol. The summed E-state index contributed by atoms with van der Waals surface area (Å²) < 4.78 is 12.7. The van der Waals surface area contributed by atoms with Crippen molar-refractivity contribution >= 4 is 5.78 Å². The zero-order valence-electron chi connectivity index (χ0n) is 9.31. The Hall–Kier alpha value is -0.524. The molecular formula is C13H8FKO2. The summed E-state index contributed by atoms with van der Waals surface area (Å²) in [7, 11) is 0. The first-order valence-corrected chi connectivity index (χ1v) is 4.74. The minimum atomic E-state index is -0.383. The molecule has 0 unspecified atom stereocenters. The van der Waals surface area contributed by atoms with Crippen LogP contribution < -0.4 is 56.5 Å². The van der Waals surface area contributed by atoms with E-state index in [2.05, 4.69) is 0 Å². The molecule has 2 aromatic carbocycles. The van der Waals surface area contributed by atoms with Crippen molar-refractivity contribution in [3.05, 3.63) is 65.5 Å². The quantitative estimate of drug-likeness (QED) is 0.516. The summed E-state index contributed by atoms with van der Waals surface area (Å²) in [6.07, 6.45) is 0. The maximum Gasteiger partial charge on any atom is 1.00 e. The third-order valence-electron chi connectivity index (χ3n) is 2.22. The number of rotatable bonds is 2. The topological polar surface area (TPSA) is 40.1 Å². The molecule has 0 saturated carbocycles. The van der Waals surface area contributed by atoms with Crippen molar-refractivity contribution in [3.8, 4) is 5.75 Å². The average molecular weight is 254 g/mol. The summed E-state index contributed by atoms with van der Waals surface area (Å²) in [6, 6.07) is 10.9. The van der Waals surface area contributed by atoms with Gasteiger partial charge in [0.25, 0.3) is 0 Å². The average Bonchev–Trinajstić information content (AvgIpc) is 2.30. The van der Waals surface area contributed by atoms with Crippen molar-refractivity contribution in [1.82, 2.24) is 0 Å². The number of carbonyl (C=O) groups is 1. The second kappa shape index (κ2) is 6.42. The molecule has 2 aromatic rings. The van der Waals surface area contributed by atoms with Crippen LogP contribution >= 0.6 is 0 Å². The Labute approximate surface area is 141 Å². The second-order valence-electron chi connectivity index (χ2n) is 3.36. The fourth-order valence-electron chi connectivity index (χ4n) is 1.37. The van der Waals surface area contributed by atoms with Crippen molar-refractivity contribution in [2.75, 3.05) is 0 Å². The summed E-state index contributed by atoms with van der Waals surface area (Å²) in [5.74, 6) is -0.748. The zero-order valence-corrected chi connectivity index (χ0v) is 12.4. The van der Waals surface area contributed by atoms with E-state index in [4.69, 9.17) is 0 Å². The number of hydrogen-bond donors (Lipinski definition) is 0. The van der Waals surface area contributed by atoms with Gasteiger partial charge in [0.1, 0.15) is 5.82 Å². The van der Waals surface area contributed by atoms with Gasteiger partial charge in [-0.1, -0.05) is 24.3 Å². The molecule has 0 N–H and O–H groups in total. The van der Waals surface area contributed by atoms with Crippen LogP contribution in [0.5, 0.6) is 5.75 Å². The van der Waals surface area contributed by atoms with E-state index in [1.165, 1.54) is 48.5 Å². The van der Waals surface area contributed by atoms with Gasteiger partial charge in [0, 0.05) is 11.1 Å². The first-order chi connectivity index (χ1) is 7.66. The monoisotopic (exact) mass is 254 g/mol. The SMILES string of the molecule is O=C(c1ccc([O-])cc1)c1ccc(F)cc1.[K+]. The summed E-state index contributed by atoms with van der Waals surface area (Å²) in [5.41, 5.74) is 0.825. The van der Waals surface area contributed by atoms with Crippen molar-refractivity contribution in [2.24, 2.45) is 0 Å². The predicted octanol–water partition coefficient (Wildman–Crippen LogP) is -0.866. The first kappa shape index (κ1) is 14.5. The van der Waals surface area contributed by atoms with Crippen molar-refractivity contribution < 1.29 is 65.7 Å². The van der Waals surface area contributed by atoms with Crippen LogP contribution in [0.1, 0.15) is 15.9 Å². The normalized spacial score (nSPS) is 9.47. The second-order valence-corrected chi connectivity index (χ2v) is 3.36. The summed E-state index contributed by atoms with van der Waals surface area (Å²) in [5, 5.41) is 10.9. The molecule has 0 radical (unpaired) electrons. The maximum absolute atomic E-state index is 12.7. The minimum absolute atomic E-state index is 0. The van der Waals surface area contributed by atoms with Gasteiger partial charge < -0.3 is 5.11 Å². The molecule has 0 aliphatic carbocycles. The molecule has 0 bridgehead atoms. The Morgan fingerprint density at radius 3 is 1.76 bits per heavy atom. The third-order valence-corrected chi connectivity index (χ3v) is 2.22. The summed E-state index contributed by atoms with van der Waals surface area (Å²) in [4.78, 5) is 11.8. The molecule has 0 aliphatic heterocycles. The van der Waals surface area contributed by atoms with E-state index in [1.807, 2.05) is 0 Å². The number of hydrogen-bond acceptors (Lipinski definition) is 2. The van der Waals surface area contributed by atoms with Gasteiger partial charge in [0.15, 0.2) is 5.78 Å². The molecular weight excluding hydrogens is 246 g/mol. The number of ketones is 1. The fourth-order valence-corrected chi connectivity index (χ4v) is 1.37. The molecule has 17 heavy (non-hydrogen) atoms. The molecule has 0 aliphatic rings. The molecule has 80 valence electrons.